The van der Waals surface area contributed by atoms with E-state index in [4.69, 9.17) is 21.1 Å². The van der Waals surface area contributed by atoms with Gasteiger partial charge in [0.2, 0.25) is 5.91 Å². The van der Waals surface area contributed by atoms with Gasteiger partial charge in [-0.2, -0.15) is 0 Å². The minimum absolute atomic E-state index is 0.164. The molecule has 1 amide bonds. The van der Waals surface area contributed by atoms with Gasteiger partial charge in [-0.25, -0.2) is 4.79 Å². The van der Waals surface area contributed by atoms with Crippen LogP contribution in [0, 0.1) is 27.7 Å². The molecule has 0 atom stereocenters. The molecule has 1 aromatic heterocycles. The molecule has 8 heteroatoms. The molecule has 1 heterocycles. The highest BCUT2D eigenvalue weighted by molar-refractivity contribution is 9.10. The van der Waals surface area contributed by atoms with Crippen molar-refractivity contribution in [1.82, 2.24) is 0 Å². The molecule has 0 saturated carbocycles. The maximum atomic E-state index is 12.4. The van der Waals surface area contributed by atoms with Crippen molar-refractivity contribution in [2.24, 2.45) is 0 Å². The number of hydrogen-bond donors (Lipinski definition) is 1. The van der Waals surface area contributed by atoms with Gasteiger partial charge in [0.1, 0.15) is 10.8 Å². The summed E-state index contributed by atoms with van der Waals surface area (Å²) in [5, 5.41) is 4.09. The summed E-state index contributed by atoms with van der Waals surface area (Å²) in [6, 6.07) is 1.88. The van der Waals surface area contributed by atoms with E-state index in [0.29, 0.717) is 34.4 Å². The van der Waals surface area contributed by atoms with Crippen molar-refractivity contribution in [1.29, 1.82) is 0 Å². The number of benzene rings is 1. The number of amides is 1. The molecule has 0 bridgehead atoms. The van der Waals surface area contributed by atoms with Crippen molar-refractivity contribution in [3.63, 3.8) is 0 Å². The molecule has 0 radical (unpaired) electrons. The average molecular weight is 503 g/mol. The maximum absolute atomic E-state index is 12.4. The molecule has 0 aliphatic heterocycles. The maximum Gasteiger partial charge on any atom is 0.341 e. The molecule has 0 saturated heterocycles. The van der Waals surface area contributed by atoms with Crippen molar-refractivity contribution in [2.45, 2.75) is 47.5 Å². The van der Waals surface area contributed by atoms with E-state index in [1.54, 1.807) is 6.92 Å². The molecular formula is C21H25BrClNO4S. The number of carbonyl (C=O) groups excluding carboxylic acids is 2. The molecule has 1 aromatic carbocycles. The van der Waals surface area contributed by atoms with Crippen molar-refractivity contribution < 1.29 is 19.1 Å². The first-order valence-electron chi connectivity index (χ1n) is 9.32. The lowest BCUT2D eigenvalue weighted by Crippen LogP contribution is -2.15. The molecule has 0 unspecified atom stereocenters. The van der Waals surface area contributed by atoms with Crippen LogP contribution in [0.4, 0.5) is 5.00 Å². The Morgan fingerprint density at radius 3 is 2.55 bits per heavy atom. The standard InChI is InChI=1S/C21H25BrClNO4S/c1-6-27-21(26)17-12(3)14(5)29-20(17)24-16(25)8-7-9-28-15-10-11(2)19(23)13(4)18(15)22/h10H,6-9H2,1-5H3,(H,24,25). The third-order valence-electron chi connectivity index (χ3n) is 4.49. The molecule has 0 spiro atoms. The second-order valence-corrected chi connectivity index (χ2v) is 9.05. The summed E-state index contributed by atoms with van der Waals surface area (Å²) >= 11 is 11.1. The molecule has 2 rings (SSSR count). The van der Waals surface area contributed by atoms with Gasteiger partial charge in [-0.3, -0.25) is 4.79 Å². The number of rotatable bonds is 8. The molecule has 5 nitrogen and oxygen atoms in total. The Morgan fingerprint density at radius 2 is 1.90 bits per heavy atom. The van der Waals surface area contributed by atoms with E-state index < -0.39 is 5.97 Å². The highest BCUT2D eigenvalue weighted by atomic mass is 79.9. The minimum atomic E-state index is -0.411. The Hall–Kier alpha value is -1.57. The van der Waals surface area contributed by atoms with E-state index in [9.17, 15) is 9.59 Å². The van der Waals surface area contributed by atoms with Gasteiger partial charge in [0.05, 0.1) is 23.2 Å². The molecule has 29 heavy (non-hydrogen) atoms. The second-order valence-electron chi connectivity index (χ2n) is 6.65. The molecule has 158 valence electrons. The fourth-order valence-electron chi connectivity index (χ4n) is 2.77. The summed E-state index contributed by atoms with van der Waals surface area (Å²) in [4.78, 5) is 25.5. The van der Waals surface area contributed by atoms with Gasteiger partial charge in [0, 0.05) is 16.3 Å². The summed E-state index contributed by atoms with van der Waals surface area (Å²) in [6.07, 6.45) is 0.818. The fourth-order valence-corrected chi connectivity index (χ4v) is 4.53. The van der Waals surface area contributed by atoms with Crippen LogP contribution in [0.2, 0.25) is 5.02 Å². The highest BCUT2D eigenvalue weighted by Gasteiger charge is 2.22. The number of ether oxygens (including phenoxy) is 2. The fraction of sp³-hybridized carbons (Fsp3) is 0.429. The number of anilines is 1. The third kappa shape index (κ3) is 5.74. The molecule has 1 N–H and O–H groups in total. The number of hydrogen-bond acceptors (Lipinski definition) is 5. The number of aryl methyl sites for hydroxylation is 2. The van der Waals surface area contributed by atoms with Crippen LogP contribution in [0.1, 0.15) is 51.7 Å². The Kier molecular flexibility index (Phi) is 8.55. The Balaban J connectivity index is 1.93. The zero-order valence-electron chi connectivity index (χ0n) is 17.2. The van der Waals surface area contributed by atoms with E-state index in [1.165, 1.54) is 11.3 Å². The SMILES string of the molecule is CCOC(=O)c1c(NC(=O)CCCOc2cc(C)c(Cl)c(C)c2Br)sc(C)c1C. The van der Waals surface area contributed by atoms with Gasteiger partial charge in [0.25, 0.3) is 0 Å². The average Bonchev–Trinajstić information content (AvgIpc) is 2.94. The first-order chi connectivity index (χ1) is 13.7. The van der Waals surface area contributed by atoms with Crippen LogP contribution in [-0.2, 0) is 9.53 Å². The van der Waals surface area contributed by atoms with E-state index in [1.807, 2.05) is 33.8 Å². The molecule has 0 fully saturated rings. The second kappa shape index (κ2) is 10.5. The smallest absolute Gasteiger partial charge is 0.341 e. The van der Waals surface area contributed by atoms with Gasteiger partial charge in [0.15, 0.2) is 0 Å². The van der Waals surface area contributed by atoms with Crippen LogP contribution in [0.5, 0.6) is 5.75 Å². The van der Waals surface area contributed by atoms with Crippen LogP contribution < -0.4 is 10.1 Å². The zero-order chi connectivity index (χ0) is 21.7. The van der Waals surface area contributed by atoms with Crippen LogP contribution >= 0.6 is 38.9 Å². The van der Waals surface area contributed by atoms with Gasteiger partial charge in [-0.15, -0.1) is 11.3 Å². The van der Waals surface area contributed by atoms with Gasteiger partial charge in [-0.05, 0) is 79.7 Å². The number of carbonyl (C=O) groups is 2. The lowest BCUT2D eigenvalue weighted by molar-refractivity contribution is -0.116. The number of esters is 1. The van der Waals surface area contributed by atoms with Crippen LogP contribution in [-0.4, -0.2) is 25.1 Å². The molecule has 2 aromatic rings. The lowest BCUT2D eigenvalue weighted by atomic mass is 10.1. The number of nitrogens with one attached hydrogen (secondary N) is 1. The van der Waals surface area contributed by atoms with Gasteiger partial charge < -0.3 is 14.8 Å². The summed E-state index contributed by atoms with van der Waals surface area (Å²) in [5.74, 6) is 0.133. The summed E-state index contributed by atoms with van der Waals surface area (Å²) < 4.78 is 11.7. The monoisotopic (exact) mass is 501 g/mol. The van der Waals surface area contributed by atoms with Crippen LogP contribution in [0.15, 0.2) is 10.5 Å². The lowest BCUT2D eigenvalue weighted by Gasteiger charge is -2.13. The van der Waals surface area contributed by atoms with E-state index in [0.717, 1.165) is 26.0 Å². The summed E-state index contributed by atoms with van der Waals surface area (Å²) in [6.45, 7) is 10.1. The topological polar surface area (TPSA) is 64.6 Å². The Labute approximate surface area is 188 Å². The molecule has 0 aliphatic rings. The normalized spacial score (nSPS) is 10.7. The van der Waals surface area contributed by atoms with Gasteiger partial charge in [-0.1, -0.05) is 11.6 Å². The van der Waals surface area contributed by atoms with E-state index >= 15 is 0 Å². The zero-order valence-corrected chi connectivity index (χ0v) is 20.4. The predicted molar refractivity (Wildman–Crippen MR) is 122 cm³/mol. The van der Waals surface area contributed by atoms with Gasteiger partial charge >= 0.3 is 5.97 Å². The van der Waals surface area contributed by atoms with Crippen molar-refractivity contribution >= 4 is 55.7 Å². The quantitative estimate of drug-likeness (QED) is 0.336. The third-order valence-corrected chi connectivity index (χ3v) is 7.18. The largest absolute Gasteiger partial charge is 0.492 e. The minimum Gasteiger partial charge on any atom is -0.492 e. The number of halogens is 2. The predicted octanol–water partition coefficient (Wildman–Crippen LogP) is 6.37. The molecule has 0 aliphatic carbocycles. The van der Waals surface area contributed by atoms with E-state index in [2.05, 4.69) is 21.2 Å². The van der Waals surface area contributed by atoms with E-state index in [-0.39, 0.29) is 18.9 Å². The van der Waals surface area contributed by atoms with Crippen LogP contribution in [0.3, 0.4) is 0 Å². The molecular weight excluding hydrogens is 478 g/mol. The van der Waals surface area contributed by atoms with Crippen molar-refractivity contribution in [3.8, 4) is 5.75 Å². The van der Waals surface area contributed by atoms with Crippen LogP contribution in [0.25, 0.3) is 0 Å². The van der Waals surface area contributed by atoms with Crippen molar-refractivity contribution in [3.05, 3.63) is 42.7 Å². The first-order valence-corrected chi connectivity index (χ1v) is 11.3. The Bertz CT molecular complexity index is 926. The number of thiophene rings is 1. The summed E-state index contributed by atoms with van der Waals surface area (Å²) in [5.41, 5.74) is 3.14. The highest BCUT2D eigenvalue weighted by Crippen LogP contribution is 2.36. The Morgan fingerprint density at radius 1 is 1.21 bits per heavy atom. The summed E-state index contributed by atoms with van der Waals surface area (Å²) in [7, 11) is 0. The van der Waals surface area contributed by atoms with Crippen molar-refractivity contribution in [2.75, 3.05) is 18.5 Å². The first kappa shape index (κ1) is 23.7.